The molecule has 0 bridgehead atoms. The Hall–Kier alpha value is -1.62. The van der Waals surface area contributed by atoms with Crippen molar-refractivity contribution in [1.29, 1.82) is 0 Å². The highest BCUT2D eigenvalue weighted by molar-refractivity contribution is 7.18. The van der Waals surface area contributed by atoms with Crippen molar-refractivity contribution in [3.05, 3.63) is 24.5 Å². The van der Waals surface area contributed by atoms with E-state index in [0.29, 0.717) is 10.9 Å². The van der Waals surface area contributed by atoms with Crippen LogP contribution in [0.3, 0.4) is 0 Å². The van der Waals surface area contributed by atoms with E-state index in [2.05, 4.69) is 9.97 Å². The monoisotopic (exact) mass is 192 g/mol. The second-order valence-electron chi connectivity index (χ2n) is 2.53. The number of hydrogen-bond donors (Lipinski definition) is 2. The maximum atomic E-state index is 5.51. The summed E-state index contributed by atoms with van der Waals surface area (Å²) >= 11 is 1.43. The largest absolute Gasteiger partial charge is 0.384 e. The minimum absolute atomic E-state index is 0.515. The third kappa shape index (κ3) is 1.59. The van der Waals surface area contributed by atoms with Gasteiger partial charge in [0.2, 0.25) is 0 Å². The fourth-order valence-corrected chi connectivity index (χ4v) is 1.65. The van der Waals surface area contributed by atoms with Crippen molar-refractivity contribution in [3.63, 3.8) is 0 Å². The van der Waals surface area contributed by atoms with Crippen LogP contribution in [0.4, 0.5) is 10.9 Å². The molecule has 0 saturated heterocycles. The number of hydrogen-bond acceptors (Lipinski definition) is 5. The van der Waals surface area contributed by atoms with Crippen LogP contribution in [0.5, 0.6) is 0 Å². The molecule has 2 aromatic heterocycles. The van der Waals surface area contributed by atoms with Crippen molar-refractivity contribution in [1.82, 2.24) is 9.97 Å². The van der Waals surface area contributed by atoms with Crippen LogP contribution in [0.15, 0.2) is 24.5 Å². The van der Waals surface area contributed by atoms with E-state index in [9.17, 15) is 0 Å². The molecular formula is C8H8N4S. The summed E-state index contributed by atoms with van der Waals surface area (Å²) in [6.45, 7) is 0. The van der Waals surface area contributed by atoms with E-state index in [1.807, 2.05) is 6.07 Å². The summed E-state index contributed by atoms with van der Waals surface area (Å²) in [5.41, 5.74) is 12.0. The van der Waals surface area contributed by atoms with E-state index in [0.717, 1.165) is 10.4 Å². The molecule has 0 atom stereocenters. The highest BCUT2D eigenvalue weighted by Gasteiger charge is 2.01. The zero-order valence-electron chi connectivity index (χ0n) is 6.77. The van der Waals surface area contributed by atoms with Gasteiger partial charge >= 0.3 is 0 Å². The zero-order valence-corrected chi connectivity index (χ0v) is 7.58. The fourth-order valence-electron chi connectivity index (χ4n) is 0.972. The number of rotatable bonds is 1. The molecule has 0 fully saturated rings. The van der Waals surface area contributed by atoms with Crippen molar-refractivity contribution < 1.29 is 0 Å². The molecular weight excluding hydrogens is 184 g/mol. The van der Waals surface area contributed by atoms with Gasteiger partial charge in [-0.25, -0.2) is 9.97 Å². The first-order valence-corrected chi connectivity index (χ1v) is 4.50. The van der Waals surface area contributed by atoms with Crippen LogP contribution >= 0.6 is 11.3 Å². The Balaban J connectivity index is 2.41. The Morgan fingerprint density at radius 2 is 1.92 bits per heavy atom. The third-order valence-corrected chi connectivity index (χ3v) is 2.47. The lowest BCUT2D eigenvalue weighted by atomic mass is 10.2. The van der Waals surface area contributed by atoms with Gasteiger partial charge in [-0.3, -0.25) is 0 Å². The predicted octanol–water partition coefficient (Wildman–Crippen LogP) is 1.37. The molecule has 0 spiro atoms. The lowest BCUT2D eigenvalue weighted by Gasteiger charge is -1.95. The number of nitrogen functional groups attached to an aromatic ring is 2. The SMILES string of the molecule is Nc1ccc(-c2cnc(N)s2)cn1. The van der Waals surface area contributed by atoms with Crippen LogP contribution in [0, 0.1) is 0 Å². The van der Waals surface area contributed by atoms with Crippen LogP contribution in [0.1, 0.15) is 0 Å². The molecule has 0 unspecified atom stereocenters. The van der Waals surface area contributed by atoms with Gasteiger partial charge in [-0.2, -0.15) is 0 Å². The molecule has 0 aliphatic heterocycles. The lowest BCUT2D eigenvalue weighted by molar-refractivity contribution is 1.34. The number of aromatic nitrogens is 2. The van der Waals surface area contributed by atoms with E-state index in [4.69, 9.17) is 11.5 Å². The van der Waals surface area contributed by atoms with Gasteiger partial charge < -0.3 is 11.5 Å². The number of pyridine rings is 1. The van der Waals surface area contributed by atoms with Crippen LogP contribution < -0.4 is 11.5 Å². The van der Waals surface area contributed by atoms with Crippen LogP contribution in [-0.2, 0) is 0 Å². The first-order chi connectivity index (χ1) is 6.25. The van der Waals surface area contributed by atoms with Crippen LogP contribution in [-0.4, -0.2) is 9.97 Å². The minimum atomic E-state index is 0.515. The van der Waals surface area contributed by atoms with Crippen molar-refractivity contribution in [3.8, 4) is 10.4 Å². The molecule has 0 aliphatic rings. The molecule has 0 radical (unpaired) electrons. The highest BCUT2D eigenvalue weighted by atomic mass is 32.1. The molecule has 5 heteroatoms. The standard InChI is InChI=1S/C8H8N4S/c9-7-2-1-5(3-11-7)6-4-12-8(10)13-6/h1-4H,(H2,9,11)(H2,10,12). The van der Waals surface area contributed by atoms with Gasteiger partial charge in [0.1, 0.15) is 5.82 Å². The van der Waals surface area contributed by atoms with E-state index >= 15 is 0 Å². The normalized spacial score (nSPS) is 10.2. The minimum Gasteiger partial charge on any atom is -0.384 e. The number of nitrogens with zero attached hydrogens (tertiary/aromatic N) is 2. The molecule has 4 N–H and O–H groups in total. The Morgan fingerprint density at radius 1 is 1.08 bits per heavy atom. The maximum Gasteiger partial charge on any atom is 0.180 e. The Kier molecular flexibility index (Phi) is 1.86. The molecule has 2 aromatic rings. The molecule has 2 rings (SSSR count). The molecule has 0 aromatic carbocycles. The Labute approximate surface area is 79.2 Å². The van der Waals surface area contributed by atoms with E-state index in [1.165, 1.54) is 11.3 Å². The van der Waals surface area contributed by atoms with Crippen molar-refractivity contribution in [2.24, 2.45) is 0 Å². The van der Waals surface area contributed by atoms with E-state index in [-0.39, 0.29) is 0 Å². The summed E-state index contributed by atoms with van der Waals surface area (Å²) in [4.78, 5) is 8.94. The van der Waals surface area contributed by atoms with Gasteiger partial charge in [-0.15, -0.1) is 0 Å². The summed E-state index contributed by atoms with van der Waals surface area (Å²) in [5.74, 6) is 0.515. The third-order valence-electron chi connectivity index (χ3n) is 1.59. The highest BCUT2D eigenvalue weighted by Crippen LogP contribution is 2.26. The molecule has 0 aliphatic carbocycles. The summed E-state index contributed by atoms with van der Waals surface area (Å²) in [5, 5.41) is 0.562. The van der Waals surface area contributed by atoms with Gasteiger partial charge in [-0.05, 0) is 12.1 Å². The first-order valence-electron chi connectivity index (χ1n) is 3.69. The number of thiazole rings is 1. The molecule has 4 nitrogen and oxygen atoms in total. The van der Waals surface area contributed by atoms with Crippen molar-refractivity contribution in [2.45, 2.75) is 0 Å². The molecule has 2 heterocycles. The second kappa shape index (κ2) is 3.02. The average molecular weight is 192 g/mol. The van der Waals surface area contributed by atoms with Gasteiger partial charge in [-0.1, -0.05) is 11.3 Å². The maximum absolute atomic E-state index is 5.51. The fraction of sp³-hybridized carbons (Fsp3) is 0. The van der Waals surface area contributed by atoms with Gasteiger partial charge in [0.25, 0.3) is 0 Å². The molecule has 0 amide bonds. The van der Waals surface area contributed by atoms with E-state index < -0.39 is 0 Å². The van der Waals surface area contributed by atoms with Crippen LogP contribution in [0.2, 0.25) is 0 Å². The molecule has 0 saturated carbocycles. The first kappa shape index (κ1) is 8.00. The summed E-state index contributed by atoms with van der Waals surface area (Å²) < 4.78 is 0. The number of anilines is 2. The van der Waals surface area contributed by atoms with Crippen molar-refractivity contribution in [2.75, 3.05) is 11.5 Å². The van der Waals surface area contributed by atoms with E-state index in [1.54, 1.807) is 18.5 Å². The smallest absolute Gasteiger partial charge is 0.180 e. The molecule has 66 valence electrons. The Morgan fingerprint density at radius 3 is 2.46 bits per heavy atom. The summed E-state index contributed by atoms with van der Waals surface area (Å²) in [7, 11) is 0. The molecule has 13 heavy (non-hydrogen) atoms. The van der Waals surface area contributed by atoms with Gasteiger partial charge in [0, 0.05) is 18.0 Å². The quantitative estimate of drug-likeness (QED) is 0.715. The zero-order chi connectivity index (χ0) is 9.26. The topological polar surface area (TPSA) is 77.8 Å². The summed E-state index contributed by atoms with van der Waals surface area (Å²) in [6, 6.07) is 3.65. The van der Waals surface area contributed by atoms with Gasteiger partial charge in [0.05, 0.1) is 4.88 Å². The van der Waals surface area contributed by atoms with Crippen molar-refractivity contribution >= 4 is 22.3 Å². The summed E-state index contributed by atoms with van der Waals surface area (Å²) in [6.07, 6.45) is 3.44. The second-order valence-corrected chi connectivity index (χ2v) is 3.60. The van der Waals surface area contributed by atoms with Gasteiger partial charge in [0.15, 0.2) is 5.13 Å². The predicted molar refractivity (Wildman–Crippen MR) is 54.2 cm³/mol. The number of nitrogens with two attached hydrogens (primary N) is 2. The van der Waals surface area contributed by atoms with Crippen LogP contribution in [0.25, 0.3) is 10.4 Å². The Bertz CT molecular complexity index is 406. The lowest BCUT2D eigenvalue weighted by Crippen LogP contribution is -1.87. The average Bonchev–Trinajstić information content (AvgIpc) is 2.53.